The van der Waals surface area contributed by atoms with Crippen molar-refractivity contribution in [3.63, 3.8) is 0 Å². The lowest BCUT2D eigenvalue weighted by Gasteiger charge is -2.20. The van der Waals surface area contributed by atoms with Crippen LogP contribution in [0.25, 0.3) is 49.4 Å². The van der Waals surface area contributed by atoms with Crippen molar-refractivity contribution in [1.29, 1.82) is 0 Å². The van der Waals surface area contributed by atoms with Gasteiger partial charge in [0.25, 0.3) is 0 Å². The quantitative estimate of drug-likeness (QED) is 0.229. The average molecular weight is 480 g/mol. The third-order valence-corrected chi connectivity index (χ3v) is 7.47. The molecule has 0 atom stereocenters. The van der Waals surface area contributed by atoms with Gasteiger partial charge in [0.15, 0.2) is 5.58 Å². The summed E-state index contributed by atoms with van der Waals surface area (Å²) < 4.78 is 8.61. The van der Waals surface area contributed by atoms with E-state index >= 15 is 0 Å². The van der Waals surface area contributed by atoms with E-state index in [9.17, 15) is 0 Å². The van der Waals surface area contributed by atoms with Crippen molar-refractivity contribution in [2.24, 2.45) is 0 Å². The van der Waals surface area contributed by atoms with Crippen LogP contribution in [0.15, 0.2) is 77.2 Å². The Morgan fingerprint density at radius 2 is 1.31 bits per heavy atom. The van der Waals surface area contributed by atoms with E-state index in [0.29, 0.717) is 5.02 Å². The Kier molecular flexibility index (Phi) is 4.69. The molecular weight excluding hydrogens is 450 g/mol. The van der Waals surface area contributed by atoms with Crippen molar-refractivity contribution < 1.29 is 4.42 Å². The van der Waals surface area contributed by atoms with E-state index in [1.54, 1.807) is 0 Å². The molecule has 0 saturated heterocycles. The molecule has 0 bridgehead atoms. The number of nitrogens with zero attached hydrogens (tertiary/aromatic N) is 1. The van der Waals surface area contributed by atoms with Gasteiger partial charge in [0, 0.05) is 27.2 Å². The van der Waals surface area contributed by atoms with Gasteiger partial charge in [-0.05, 0) is 58.4 Å². The van der Waals surface area contributed by atoms with E-state index in [2.05, 4.69) is 107 Å². The Morgan fingerprint density at radius 3 is 2.00 bits per heavy atom. The second-order valence-electron chi connectivity index (χ2n) is 11.7. The van der Waals surface area contributed by atoms with Crippen LogP contribution in [0.4, 0.5) is 0 Å². The first-order chi connectivity index (χ1) is 16.5. The molecule has 0 fully saturated rings. The maximum atomic E-state index is 6.88. The maximum absolute atomic E-state index is 6.88. The van der Waals surface area contributed by atoms with Gasteiger partial charge in [-0.1, -0.05) is 89.5 Å². The summed E-state index contributed by atoms with van der Waals surface area (Å²) >= 11 is 6.88. The van der Waals surface area contributed by atoms with Gasteiger partial charge >= 0.3 is 0 Å². The highest BCUT2D eigenvalue weighted by atomic mass is 35.5. The van der Waals surface area contributed by atoms with Crippen LogP contribution in [0.2, 0.25) is 5.02 Å². The Bertz CT molecular complexity index is 1750. The third kappa shape index (κ3) is 3.38. The summed E-state index contributed by atoms with van der Waals surface area (Å²) in [5.41, 5.74) is 7.78. The molecule has 3 heteroatoms. The lowest BCUT2D eigenvalue weighted by molar-refractivity contribution is 0.590. The number of benzene rings is 4. The lowest BCUT2D eigenvalue weighted by atomic mass is 9.86. The zero-order chi connectivity index (χ0) is 24.7. The van der Waals surface area contributed by atoms with Crippen LogP contribution >= 0.6 is 11.6 Å². The van der Waals surface area contributed by atoms with Crippen LogP contribution in [0.3, 0.4) is 0 Å². The first-order valence-corrected chi connectivity index (χ1v) is 12.6. The molecule has 0 N–H and O–H groups in total. The van der Waals surface area contributed by atoms with Crippen LogP contribution in [0.5, 0.6) is 0 Å². The number of halogens is 1. The minimum absolute atomic E-state index is 0.0426. The van der Waals surface area contributed by atoms with E-state index in [1.165, 1.54) is 27.4 Å². The fourth-order valence-electron chi connectivity index (χ4n) is 5.21. The van der Waals surface area contributed by atoms with E-state index in [4.69, 9.17) is 16.0 Å². The molecule has 0 aliphatic carbocycles. The van der Waals surface area contributed by atoms with E-state index < -0.39 is 0 Å². The Hall–Kier alpha value is -3.23. The molecule has 0 radical (unpaired) electrons. The molecule has 35 heavy (non-hydrogen) atoms. The Labute approximate surface area is 211 Å². The van der Waals surface area contributed by atoms with Crippen LogP contribution in [0, 0.1) is 0 Å². The minimum atomic E-state index is 0.0426. The molecule has 2 aromatic heterocycles. The van der Waals surface area contributed by atoms with E-state index in [1.807, 2.05) is 12.1 Å². The number of fused-ring (bicyclic) bond motifs is 7. The molecule has 176 valence electrons. The van der Waals surface area contributed by atoms with E-state index in [-0.39, 0.29) is 10.8 Å². The highest BCUT2D eigenvalue weighted by Gasteiger charge is 2.23. The van der Waals surface area contributed by atoms with Crippen molar-refractivity contribution in [1.82, 2.24) is 4.57 Å². The van der Waals surface area contributed by atoms with Crippen molar-refractivity contribution in [2.45, 2.75) is 52.4 Å². The number of hydrogen-bond donors (Lipinski definition) is 0. The number of furan rings is 1. The molecule has 0 aliphatic rings. The number of aromatic nitrogens is 1. The summed E-state index contributed by atoms with van der Waals surface area (Å²) in [5.74, 6) is 0. The van der Waals surface area contributed by atoms with Crippen molar-refractivity contribution in [2.75, 3.05) is 0 Å². The second-order valence-corrected chi connectivity index (χ2v) is 12.1. The molecule has 4 aromatic carbocycles. The molecule has 0 saturated carbocycles. The fourth-order valence-corrected chi connectivity index (χ4v) is 5.45. The molecule has 6 rings (SSSR count). The molecule has 2 nitrogen and oxygen atoms in total. The number of para-hydroxylation sites is 1. The third-order valence-electron chi connectivity index (χ3n) is 7.19. The van der Waals surface area contributed by atoms with Crippen molar-refractivity contribution >= 4 is 55.3 Å². The predicted molar refractivity (Wildman–Crippen MR) is 150 cm³/mol. The Balaban J connectivity index is 1.80. The minimum Gasteiger partial charge on any atom is -0.454 e. The van der Waals surface area contributed by atoms with Crippen LogP contribution in [-0.2, 0) is 10.8 Å². The van der Waals surface area contributed by atoms with Crippen molar-refractivity contribution in [3.8, 4) is 5.69 Å². The molecule has 2 heterocycles. The monoisotopic (exact) mass is 479 g/mol. The van der Waals surface area contributed by atoms with Crippen LogP contribution in [0.1, 0.15) is 52.7 Å². The van der Waals surface area contributed by atoms with Gasteiger partial charge in [-0.25, -0.2) is 0 Å². The molecule has 0 spiro atoms. The highest BCUT2D eigenvalue weighted by Crippen LogP contribution is 2.45. The summed E-state index contributed by atoms with van der Waals surface area (Å²) in [6.45, 7) is 13.5. The van der Waals surface area contributed by atoms with Gasteiger partial charge < -0.3 is 8.98 Å². The average Bonchev–Trinajstić information content (AvgIpc) is 3.33. The molecule has 0 unspecified atom stereocenters. The topological polar surface area (TPSA) is 18.1 Å². The molecule has 6 aromatic rings. The molecule has 0 amide bonds. The summed E-state index contributed by atoms with van der Waals surface area (Å²) in [6, 6.07) is 26.1. The highest BCUT2D eigenvalue weighted by molar-refractivity contribution is 6.40. The first kappa shape index (κ1) is 22.2. The zero-order valence-electron chi connectivity index (χ0n) is 21.2. The normalized spacial score (nSPS) is 13.0. The first-order valence-electron chi connectivity index (χ1n) is 12.2. The van der Waals surface area contributed by atoms with Gasteiger partial charge in [0.1, 0.15) is 5.58 Å². The molecular formula is C32H30ClNO. The van der Waals surface area contributed by atoms with E-state index in [0.717, 1.165) is 33.1 Å². The fraction of sp³-hybridized carbons (Fsp3) is 0.250. The van der Waals surface area contributed by atoms with Crippen LogP contribution < -0.4 is 0 Å². The van der Waals surface area contributed by atoms with Gasteiger partial charge in [0.2, 0.25) is 0 Å². The van der Waals surface area contributed by atoms with Gasteiger partial charge in [-0.2, -0.15) is 0 Å². The smallest absolute Gasteiger partial charge is 0.154 e. The summed E-state index contributed by atoms with van der Waals surface area (Å²) in [5, 5.41) is 5.23. The number of rotatable bonds is 1. The Morgan fingerprint density at radius 1 is 0.657 bits per heavy atom. The van der Waals surface area contributed by atoms with Crippen LogP contribution in [-0.4, -0.2) is 4.57 Å². The lowest BCUT2D eigenvalue weighted by Crippen LogP contribution is -2.11. The number of hydrogen-bond acceptors (Lipinski definition) is 1. The standard InChI is InChI=1S/C32H30ClNO/c1-31(2,3)19-11-14-21(15-12-19)34-25-16-13-20(32(4,5)6)17-23(25)28-26(34)18-24(33)30-29(28)22-9-7-8-10-27(22)35-30/h7-18H,1-6H3. The summed E-state index contributed by atoms with van der Waals surface area (Å²) in [4.78, 5) is 0. The SMILES string of the molecule is CC(C)(C)c1ccc(-n2c3ccc(C(C)(C)C)cc3c3c4c(oc5ccccc54)c(Cl)cc32)cc1. The van der Waals surface area contributed by atoms with Gasteiger partial charge in [-0.15, -0.1) is 0 Å². The molecule has 0 aliphatic heterocycles. The van der Waals surface area contributed by atoms with Crippen molar-refractivity contribution in [3.05, 3.63) is 88.9 Å². The predicted octanol–water partition coefficient (Wildman–Crippen LogP) is 9.93. The van der Waals surface area contributed by atoms with Gasteiger partial charge in [0.05, 0.1) is 16.1 Å². The summed E-state index contributed by atoms with van der Waals surface area (Å²) in [6.07, 6.45) is 0. The summed E-state index contributed by atoms with van der Waals surface area (Å²) in [7, 11) is 0. The zero-order valence-corrected chi connectivity index (χ0v) is 21.9. The second kappa shape index (κ2) is 7.38. The largest absolute Gasteiger partial charge is 0.454 e. The maximum Gasteiger partial charge on any atom is 0.154 e. The van der Waals surface area contributed by atoms with Gasteiger partial charge in [-0.3, -0.25) is 0 Å².